The van der Waals surface area contributed by atoms with Gasteiger partial charge in [0.15, 0.2) is 0 Å². The van der Waals surface area contributed by atoms with Crippen LogP contribution in [0.25, 0.3) is 0 Å². The largest absolute Gasteiger partial charge is 0.489 e. The van der Waals surface area contributed by atoms with E-state index in [-0.39, 0.29) is 12.0 Å². The number of benzene rings is 2. The van der Waals surface area contributed by atoms with Crippen LogP contribution in [0.1, 0.15) is 33.2 Å². The van der Waals surface area contributed by atoms with Gasteiger partial charge in [-0.05, 0) is 49.7 Å². The molecule has 2 aromatic rings. The van der Waals surface area contributed by atoms with E-state index < -0.39 is 5.91 Å². The predicted molar refractivity (Wildman–Crippen MR) is 88.6 cm³/mol. The molecule has 5 heteroatoms. The van der Waals surface area contributed by atoms with E-state index >= 15 is 0 Å². The molecule has 2 aromatic carbocycles. The van der Waals surface area contributed by atoms with Gasteiger partial charge >= 0.3 is 0 Å². The molecular weight excluding hydrogens is 292 g/mol. The first kappa shape index (κ1) is 16.5. The Labute approximate surface area is 135 Å². The summed E-state index contributed by atoms with van der Waals surface area (Å²) in [5.41, 5.74) is 7.06. The zero-order valence-electron chi connectivity index (χ0n) is 13.2. The van der Waals surface area contributed by atoms with E-state index in [1.807, 2.05) is 38.1 Å². The Bertz CT molecular complexity index is 696. The Morgan fingerprint density at radius 3 is 2.30 bits per heavy atom. The van der Waals surface area contributed by atoms with Gasteiger partial charge in [0.25, 0.3) is 5.91 Å². The van der Waals surface area contributed by atoms with Gasteiger partial charge in [0.05, 0.1) is 6.54 Å². The average molecular weight is 312 g/mol. The first-order valence-corrected chi connectivity index (χ1v) is 7.37. The van der Waals surface area contributed by atoms with Crippen molar-refractivity contribution in [2.45, 2.75) is 20.0 Å². The van der Waals surface area contributed by atoms with Crippen LogP contribution in [-0.2, 0) is 0 Å². The fourth-order valence-corrected chi connectivity index (χ4v) is 2.07. The van der Waals surface area contributed by atoms with Crippen molar-refractivity contribution < 1.29 is 14.3 Å². The standard InChI is InChI=1S/C18H20N2O3/c1-12-5-3-4-6-16(12)23-13(2)11-20-18(22)15-9-7-14(8-10-15)17(19)21/h3-10,13H,11H2,1-2H3,(H2,19,21)(H,20,22). The molecule has 2 rings (SSSR count). The second kappa shape index (κ2) is 7.45. The molecule has 23 heavy (non-hydrogen) atoms. The summed E-state index contributed by atoms with van der Waals surface area (Å²) >= 11 is 0. The van der Waals surface area contributed by atoms with Gasteiger partial charge in [-0.15, -0.1) is 0 Å². The van der Waals surface area contributed by atoms with Crippen molar-refractivity contribution in [2.24, 2.45) is 5.73 Å². The third-order valence-electron chi connectivity index (χ3n) is 3.40. The van der Waals surface area contributed by atoms with Crippen molar-refractivity contribution in [1.82, 2.24) is 5.32 Å². The molecule has 1 atom stereocenters. The topological polar surface area (TPSA) is 81.4 Å². The number of nitrogens with two attached hydrogens (primary N) is 1. The minimum Gasteiger partial charge on any atom is -0.489 e. The number of carbonyl (C=O) groups is 2. The van der Waals surface area contributed by atoms with Crippen molar-refractivity contribution in [3.05, 3.63) is 65.2 Å². The molecule has 0 heterocycles. The number of hydrogen-bond acceptors (Lipinski definition) is 3. The number of carbonyl (C=O) groups excluding carboxylic acids is 2. The molecule has 1 unspecified atom stereocenters. The van der Waals surface area contributed by atoms with Gasteiger partial charge in [-0.2, -0.15) is 0 Å². The highest BCUT2D eigenvalue weighted by Gasteiger charge is 2.10. The number of ether oxygens (including phenoxy) is 1. The average Bonchev–Trinajstić information content (AvgIpc) is 2.55. The number of hydrogen-bond donors (Lipinski definition) is 2. The molecule has 0 saturated carbocycles. The summed E-state index contributed by atoms with van der Waals surface area (Å²) in [5.74, 6) is 0.0681. The van der Waals surface area contributed by atoms with Gasteiger partial charge in [0.1, 0.15) is 11.9 Å². The first-order valence-electron chi connectivity index (χ1n) is 7.37. The quantitative estimate of drug-likeness (QED) is 0.858. The summed E-state index contributed by atoms with van der Waals surface area (Å²) in [6, 6.07) is 13.9. The van der Waals surface area contributed by atoms with E-state index in [2.05, 4.69) is 5.32 Å². The van der Waals surface area contributed by atoms with Gasteiger partial charge in [-0.1, -0.05) is 18.2 Å². The van der Waals surface area contributed by atoms with Crippen molar-refractivity contribution >= 4 is 11.8 Å². The number of primary amides is 1. The Morgan fingerprint density at radius 1 is 1.09 bits per heavy atom. The lowest BCUT2D eigenvalue weighted by Gasteiger charge is -2.17. The van der Waals surface area contributed by atoms with Gasteiger partial charge < -0.3 is 15.8 Å². The van der Waals surface area contributed by atoms with E-state index in [0.717, 1.165) is 11.3 Å². The summed E-state index contributed by atoms with van der Waals surface area (Å²) in [6.45, 7) is 4.24. The van der Waals surface area contributed by atoms with Crippen LogP contribution in [0.15, 0.2) is 48.5 Å². The maximum Gasteiger partial charge on any atom is 0.251 e. The molecule has 120 valence electrons. The molecule has 3 N–H and O–H groups in total. The zero-order valence-corrected chi connectivity index (χ0v) is 13.2. The summed E-state index contributed by atoms with van der Waals surface area (Å²) in [7, 11) is 0. The summed E-state index contributed by atoms with van der Waals surface area (Å²) < 4.78 is 5.81. The molecule has 0 aromatic heterocycles. The van der Waals surface area contributed by atoms with Crippen molar-refractivity contribution in [2.75, 3.05) is 6.54 Å². The number of para-hydroxylation sites is 1. The molecular formula is C18H20N2O3. The summed E-state index contributed by atoms with van der Waals surface area (Å²) in [4.78, 5) is 23.1. The summed E-state index contributed by atoms with van der Waals surface area (Å²) in [6.07, 6.45) is -0.162. The van der Waals surface area contributed by atoms with Crippen LogP contribution >= 0.6 is 0 Å². The molecule has 0 bridgehead atoms. The van der Waals surface area contributed by atoms with Crippen molar-refractivity contribution in [3.8, 4) is 5.75 Å². The van der Waals surface area contributed by atoms with Crippen molar-refractivity contribution in [1.29, 1.82) is 0 Å². The minimum atomic E-state index is -0.516. The van der Waals surface area contributed by atoms with E-state index in [1.165, 1.54) is 12.1 Å². The molecule has 0 spiro atoms. The normalized spacial score (nSPS) is 11.6. The van der Waals surface area contributed by atoms with Crippen LogP contribution in [-0.4, -0.2) is 24.5 Å². The Morgan fingerprint density at radius 2 is 1.70 bits per heavy atom. The fourth-order valence-electron chi connectivity index (χ4n) is 2.07. The smallest absolute Gasteiger partial charge is 0.251 e. The highest BCUT2D eigenvalue weighted by molar-refractivity contribution is 5.97. The molecule has 0 radical (unpaired) electrons. The second-order valence-electron chi connectivity index (χ2n) is 5.35. The lowest BCUT2D eigenvalue weighted by Crippen LogP contribution is -2.33. The third kappa shape index (κ3) is 4.57. The Hall–Kier alpha value is -2.82. The minimum absolute atomic E-state index is 0.162. The highest BCUT2D eigenvalue weighted by atomic mass is 16.5. The van der Waals surface area contributed by atoms with Gasteiger partial charge in [-0.25, -0.2) is 0 Å². The van der Waals surface area contributed by atoms with Crippen LogP contribution in [0.5, 0.6) is 5.75 Å². The first-order chi connectivity index (χ1) is 11.0. The van der Waals surface area contributed by atoms with Crippen molar-refractivity contribution in [3.63, 3.8) is 0 Å². The SMILES string of the molecule is Cc1ccccc1OC(C)CNC(=O)c1ccc(C(N)=O)cc1. The highest BCUT2D eigenvalue weighted by Crippen LogP contribution is 2.17. The number of aryl methyl sites for hydroxylation is 1. The number of nitrogens with one attached hydrogen (secondary N) is 1. The monoisotopic (exact) mass is 312 g/mol. The number of amides is 2. The predicted octanol–water partition coefficient (Wildman–Crippen LogP) is 2.29. The molecule has 0 fully saturated rings. The Kier molecular flexibility index (Phi) is 5.36. The van der Waals surface area contributed by atoms with E-state index in [4.69, 9.17) is 10.5 Å². The van der Waals surface area contributed by atoms with Crippen LogP contribution in [0, 0.1) is 6.92 Å². The maximum atomic E-state index is 12.1. The second-order valence-corrected chi connectivity index (χ2v) is 5.35. The number of rotatable bonds is 6. The Balaban J connectivity index is 1.88. The lowest BCUT2D eigenvalue weighted by molar-refractivity contribution is 0.0930. The van der Waals surface area contributed by atoms with Crippen LogP contribution < -0.4 is 15.8 Å². The van der Waals surface area contributed by atoms with Gasteiger partial charge in [0.2, 0.25) is 5.91 Å². The maximum absolute atomic E-state index is 12.1. The van der Waals surface area contributed by atoms with E-state index in [9.17, 15) is 9.59 Å². The molecule has 0 aliphatic heterocycles. The molecule has 2 amide bonds. The molecule has 5 nitrogen and oxygen atoms in total. The molecule has 0 aliphatic carbocycles. The zero-order chi connectivity index (χ0) is 16.8. The fraction of sp³-hybridized carbons (Fsp3) is 0.222. The van der Waals surface area contributed by atoms with Crippen LogP contribution in [0.4, 0.5) is 0 Å². The van der Waals surface area contributed by atoms with E-state index in [0.29, 0.717) is 17.7 Å². The van der Waals surface area contributed by atoms with E-state index in [1.54, 1.807) is 12.1 Å². The molecule has 0 saturated heterocycles. The lowest BCUT2D eigenvalue weighted by atomic mass is 10.1. The molecule has 0 aliphatic rings. The third-order valence-corrected chi connectivity index (χ3v) is 3.40. The van der Waals surface area contributed by atoms with Gasteiger partial charge in [0, 0.05) is 11.1 Å². The van der Waals surface area contributed by atoms with Crippen LogP contribution in [0.2, 0.25) is 0 Å². The van der Waals surface area contributed by atoms with Crippen LogP contribution in [0.3, 0.4) is 0 Å². The van der Waals surface area contributed by atoms with Gasteiger partial charge in [-0.3, -0.25) is 9.59 Å². The summed E-state index contributed by atoms with van der Waals surface area (Å²) in [5, 5.41) is 2.81.